The van der Waals surface area contributed by atoms with Crippen molar-refractivity contribution >= 4 is 5.97 Å². The van der Waals surface area contributed by atoms with Crippen molar-refractivity contribution < 1.29 is 18.7 Å². The molecule has 100 valence electrons. The molecular weight excluding hydrogens is 249 g/mol. The lowest BCUT2D eigenvalue weighted by molar-refractivity contribution is 0.0658. The molecule has 0 saturated heterocycles. The van der Waals surface area contributed by atoms with E-state index in [1.807, 2.05) is 11.9 Å². The molecule has 0 aliphatic carbocycles. The monoisotopic (exact) mass is 263 g/mol. The molecule has 0 saturated carbocycles. The van der Waals surface area contributed by atoms with Crippen LogP contribution in [0.15, 0.2) is 40.8 Å². The summed E-state index contributed by atoms with van der Waals surface area (Å²) in [6, 6.07) is 9.58. The smallest absolute Gasteiger partial charge is 0.371 e. The molecule has 1 heterocycles. The van der Waals surface area contributed by atoms with Gasteiger partial charge in [0.05, 0.1) is 6.54 Å². The Labute approximate surface area is 110 Å². The van der Waals surface area contributed by atoms with Crippen LogP contribution < -0.4 is 0 Å². The maximum absolute atomic E-state index is 13.5. The number of furan rings is 1. The normalized spacial score (nSPS) is 10.9. The minimum atomic E-state index is -1.09. The average Bonchev–Trinajstić information content (AvgIpc) is 2.80. The fourth-order valence-corrected chi connectivity index (χ4v) is 1.82. The van der Waals surface area contributed by atoms with Gasteiger partial charge in [-0.05, 0) is 25.2 Å². The summed E-state index contributed by atoms with van der Waals surface area (Å²) in [5.41, 5.74) is 0.593. The van der Waals surface area contributed by atoms with Gasteiger partial charge < -0.3 is 9.52 Å². The van der Waals surface area contributed by atoms with E-state index in [0.717, 1.165) is 0 Å². The minimum Gasteiger partial charge on any atom is -0.475 e. The van der Waals surface area contributed by atoms with Crippen LogP contribution in [0.25, 0.3) is 0 Å². The second-order valence-corrected chi connectivity index (χ2v) is 4.33. The fourth-order valence-electron chi connectivity index (χ4n) is 1.82. The Hall–Kier alpha value is -2.14. The number of hydrogen-bond acceptors (Lipinski definition) is 3. The second kappa shape index (κ2) is 5.67. The number of carboxylic acids is 1. The standard InChI is InChI=1S/C14H14FNO3/c1-16(8-10-4-2-3-5-12(10)15)9-11-6-7-13(19-11)14(17)18/h2-7H,8-9H2,1H3,(H,17,18). The Bertz CT molecular complexity index is 580. The lowest BCUT2D eigenvalue weighted by atomic mass is 10.2. The van der Waals surface area contributed by atoms with Crippen LogP contribution in [0, 0.1) is 5.82 Å². The molecular formula is C14H14FNO3. The van der Waals surface area contributed by atoms with Crippen LogP contribution in [-0.4, -0.2) is 23.0 Å². The third kappa shape index (κ3) is 3.42. The molecule has 4 nitrogen and oxygen atoms in total. The van der Waals surface area contributed by atoms with Crippen molar-refractivity contribution in [2.24, 2.45) is 0 Å². The number of hydrogen-bond donors (Lipinski definition) is 1. The summed E-state index contributed by atoms with van der Waals surface area (Å²) in [5.74, 6) is -0.895. The zero-order chi connectivity index (χ0) is 13.8. The van der Waals surface area contributed by atoms with E-state index in [0.29, 0.717) is 24.4 Å². The number of nitrogens with zero attached hydrogens (tertiary/aromatic N) is 1. The van der Waals surface area contributed by atoms with E-state index >= 15 is 0 Å². The predicted molar refractivity (Wildman–Crippen MR) is 67.2 cm³/mol. The average molecular weight is 263 g/mol. The highest BCUT2D eigenvalue weighted by atomic mass is 19.1. The Morgan fingerprint density at radius 3 is 2.63 bits per heavy atom. The first kappa shape index (κ1) is 13.3. The van der Waals surface area contributed by atoms with Gasteiger partial charge in [-0.3, -0.25) is 4.90 Å². The van der Waals surface area contributed by atoms with Gasteiger partial charge >= 0.3 is 5.97 Å². The molecule has 0 atom stereocenters. The van der Waals surface area contributed by atoms with Gasteiger partial charge in [0.1, 0.15) is 11.6 Å². The Kier molecular flexibility index (Phi) is 3.97. The quantitative estimate of drug-likeness (QED) is 0.901. The van der Waals surface area contributed by atoms with Crippen molar-refractivity contribution in [2.45, 2.75) is 13.1 Å². The van der Waals surface area contributed by atoms with E-state index in [4.69, 9.17) is 9.52 Å². The van der Waals surface area contributed by atoms with Crippen molar-refractivity contribution in [3.8, 4) is 0 Å². The number of carbonyl (C=O) groups is 1. The van der Waals surface area contributed by atoms with Crippen molar-refractivity contribution in [3.05, 3.63) is 59.3 Å². The minimum absolute atomic E-state index is 0.0886. The summed E-state index contributed by atoms with van der Waals surface area (Å²) < 4.78 is 18.6. The Morgan fingerprint density at radius 2 is 2.00 bits per heavy atom. The summed E-state index contributed by atoms with van der Waals surface area (Å²) in [6.45, 7) is 0.845. The van der Waals surface area contributed by atoms with Gasteiger partial charge in [-0.25, -0.2) is 9.18 Å². The topological polar surface area (TPSA) is 53.7 Å². The van der Waals surface area contributed by atoms with E-state index in [2.05, 4.69) is 0 Å². The van der Waals surface area contributed by atoms with Crippen LogP contribution in [-0.2, 0) is 13.1 Å². The number of benzene rings is 1. The largest absolute Gasteiger partial charge is 0.475 e. The summed E-state index contributed by atoms with van der Waals surface area (Å²) >= 11 is 0. The summed E-state index contributed by atoms with van der Waals surface area (Å²) in [4.78, 5) is 12.5. The molecule has 0 aliphatic heterocycles. The van der Waals surface area contributed by atoms with Gasteiger partial charge in [0, 0.05) is 12.1 Å². The molecule has 0 radical (unpaired) electrons. The van der Waals surface area contributed by atoms with Gasteiger partial charge in [-0.2, -0.15) is 0 Å². The first-order valence-corrected chi connectivity index (χ1v) is 5.80. The summed E-state index contributed by atoms with van der Waals surface area (Å²) in [5, 5.41) is 8.75. The van der Waals surface area contributed by atoms with Crippen molar-refractivity contribution in [2.75, 3.05) is 7.05 Å². The lowest BCUT2D eigenvalue weighted by Crippen LogP contribution is -2.17. The van der Waals surface area contributed by atoms with Crippen LogP contribution in [0.3, 0.4) is 0 Å². The molecule has 1 aromatic heterocycles. The van der Waals surface area contributed by atoms with Gasteiger partial charge in [0.15, 0.2) is 0 Å². The molecule has 2 rings (SSSR count). The predicted octanol–water partition coefficient (Wildman–Crippen LogP) is 2.75. The maximum atomic E-state index is 13.5. The molecule has 0 aliphatic rings. The van der Waals surface area contributed by atoms with E-state index in [1.54, 1.807) is 24.3 Å². The van der Waals surface area contributed by atoms with E-state index in [-0.39, 0.29) is 11.6 Å². The van der Waals surface area contributed by atoms with E-state index in [1.165, 1.54) is 12.1 Å². The van der Waals surface area contributed by atoms with Crippen LogP contribution in [0.2, 0.25) is 0 Å². The van der Waals surface area contributed by atoms with Gasteiger partial charge in [0.25, 0.3) is 0 Å². The number of aromatic carboxylic acids is 1. The third-order valence-electron chi connectivity index (χ3n) is 2.70. The zero-order valence-electron chi connectivity index (χ0n) is 10.5. The highest BCUT2D eigenvalue weighted by Gasteiger charge is 2.11. The Balaban J connectivity index is 1.99. The molecule has 1 aromatic carbocycles. The number of carboxylic acid groups (broad SMARTS) is 1. The molecule has 0 fully saturated rings. The summed E-state index contributed by atoms with van der Waals surface area (Å²) in [7, 11) is 1.81. The van der Waals surface area contributed by atoms with Crippen LogP contribution in [0.5, 0.6) is 0 Å². The molecule has 2 aromatic rings. The molecule has 0 unspecified atom stereocenters. The highest BCUT2D eigenvalue weighted by molar-refractivity contribution is 5.84. The van der Waals surface area contributed by atoms with Crippen LogP contribution in [0.4, 0.5) is 4.39 Å². The van der Waals surface area contributed by atoms with Gasteiger partial charge in [0.2, 0.25) is 5.76 Å². The number of halogens is 1. The maximum Gasteiger partial charge on any atom is 0.371 e. The second-order valence-electron chi connectivity index (χ2n) is 4.33. The van der Waals surface area contributed by atoms with Gasteiger partial charge in [-0.15, -0.1) is 0 Å². The first-order valence-electron chi connectivity index (χ1n) is 5.80. The van der Waals surface area contributed by atoms with E-state index < -0.39 is 5.97 Å². The summed E-state index contributed by atoms with van der Waals surface area (Å²) in [6.07, 6.45) is 0. The zero-order valence-corrected chi connectivity index (χ0v) is 10.5. The first-order chi connectivity index (χ1) is 9.06. The fraction of sp³-hybridized carbons (Fsp3) is 0.214. The van der Waals surface area contributed by atoms with Crippen molar-refractivity contribution in [1.82, 2.24) is 4.90 Å². The molecule has 0 bridgehead atoms. The lowest BCUT2D eigenvalue weighted by Gasteiger charge is -2.15. The van der Waals surface area contributed by atoms with E-state index in [9.17, 15) is 9.18 Å². The highest BCUT2D eigenvalue weighted by Crippen LogP contribution is 2.13. The molecule has 1 N–H and O–H groups in total. The van der Waals surface area contributed by atoms with Gasteiger partial charge in [-0.1, -0.05) is 18.2 Å². The molecule has 0 spiro atoms. The molecule has 5 heteroatoms. The SMILES string of the molecule is CN(Cc1ccc(C(=O)O)o1)Cc1ccccc1F. The third-order valence-corrected chi connectivity index (χ3v) is 2.70. The van der Waals surface area contributed by atoms with Crippen molar-refractivity contribution in [1.29, 1.82) is 0 Å². The molecule has 0 amide bonds. The van der Waals surface area contributed by atoms with Crippen LogP contribution >= 0.6 is 0 Å². The molecule has 19 heavy (non-hydrogen) atoms. The number of rotatable bonds is 5. The van der Waals surface area contributed by atoms with Crippen LogP contribution in [0.1, 0.15) is 21.9 Å². The van der Waals surface area contributed by atoms with Crippen molar-refractivity contribution in [3.63, 3.8) is 0 Å². The Morgan fingerprint density at radius 1 is 1.26 bits per heavy atom.